The molecular formula is C24H31N7O. The Morgan fingerprint density at radius 3 is 2.84 bits per heavy atom. The highest BCUT2D eigenvalue weighted by atomic mass is 16.1. The summed E-state index contributed by atoms with van der Waals surface area (Å²) in [6.07, 6.45) is 6.80. The van der Waals surface area contributed by atoms with Crippen LogP contribution in [-0.2, 0) is 4.79 Å². The quantitative estimate of drug-likeness (QED) is 0.222. The van der Waals surface area contributed by atoms with Crippen LogP contribution in [0.1, 0.15) is 50.7 Å². The Bertz CT molecular complexity index is 1020. The summed E-state index contributed by atoms with van der Waals surface area (Å²) in [5, 5.41) is 20.1. The van der Waals surface area contributed by atoms with Gasteiger partial charge in [0, 0.05) is 55.1 Å². The second-order valence-corrected chi connectivity index (χ2v) is 8.05. The lowest BCUT2D eigenvalue weighted by atomic mass is 10.1. The van der Waals surface area contributed by atoms with Crippen LogP contribution in [-0.4, -0.2) is 41.7 Å². The first-order chi connectivity index (χ1) is 15.5. The highest BCUT2D eigenvalue weighted by Gasteiger charge is 2.22. The second-order valence-electron chi connectivity index (χ2n) is 8.05. The number of aromatic nitrogens is 2. The zero-order valence-electron chi connectivity index (χ0n) is 18.9. The molecule has 0 saturated heterocycles. The molecule has 1 aliphatic carbocycles. The predicted octanol–water partition coefficient (Wildman–Crippen LogP) is 3.74. The van der Waals surface area contributed by atoms with Crippen molar-refractivity contribution >= 4 is 35.3 Å². The average molecular weight is 434 g/mol. The van der Waals surface area contributed by atoms with Crippen molar-refractivity contribution in [3.8, 4) is 11.8 Å². The zero-order valence-corrected chi connectivity index (χ0v) is 18.9. The number of nitrogens with zero attached hydrogens (tertiary/aromatic N) is 2. The molecule has 1 aromatic carbocycles. The van der Waals surface area contributed by atoms with Crippen LogP contribution in [0, 0.1) is 23.2 Å². The Morgan fingerprint density at radius 1 is 1.34 bits per heavy atom. The summed E-state index contributed by atoms with van der Waals surface area (Å²) < 4.78 is 0. The largest absolute Gasteiger partial charge is 0.388 e. The maximum absolute atomic E-state index is 11.6. The number of amides is 1. The van der Waals surface area contributed by atoms with Crippen molar-refractivity contribution in [2.45, 2.75) is 45.6 Å². The number of benzene rings is 1. The van der Waals surface area contributed by atoms with E-state index in [4.69, 9.17) is 5.41 Å². The van der Waals surface area contributed by atoms with Crippen molar-refractivity contribution in [2.75, 3.05) is 29.5 Å². The zero-order chi connectivity index (χ0) is 22.9. The summed E-state index contributed by atoms with van der Waals surface area (Å²) in [7, 11) is 1.83. The topological polar surface area (TPSA) is 115 Å². The maximum atomic E-state index is 11.6. The summed E-state index contributed by atoms with van der Waals surface area (Å²) in [6.45, 7) is 4.39. The average Bonchev–Trinajstić information content (AvgIpc) is 3.61. The molecule has 8 nitrogen and oxygen atoms in total. The molecule has 1 fully saturated rings. The van der Waals surface area contributed by atoms with E-state index >= 15 is 0 Å². The first-order valence-electron chi connectivity index (χ1n) is 11.0. The van der Waals surface area contributed by atoms with E-state index in [9.17, 15) is 4.79 Å². The fraction of sp³-hybridized carbons (Fsp3) is 0.417. The van der Waals surface area contributed by atoms with Crippen molar-refractivity contribution < 1.29 is 4.79 Å². The molecule has 1 aromatic heterocycles. The number of hydrogen-bond acceptors (Lipinski definition) is 7. The molecule has 168 valence electrons. The van der Waals surface area contributed by atoms with Crippen molar-refractivity contribution in [1.29, 1.82) is 5.41 Å². The predicted molar refractivity (Wildman–Crippen MR) is 130 cm³/mol. The van der Waals surface area contributed by atoms with Gasteiger partial charge in [-0.25, -0.2) is 4.98 Å². The highest BCUT2D eigenvalue weighted by molar-refractivity contribution is 5.87. The van der Waals surface area contributed by atoms with Crippen LogP contribution in [0.2, 0.25) is 0 Å². The lowest BCUT2D eigenvalue weighted by Crippen LogP contribution is -2.28. The van der Waals surface area contributed by atoms with Gasteiger partial charge in [-0.3, -0.25) is 4.79 Å². The van der Waals surface area contributed by atoms with E-state index in [1.807, 2.05) is 39.1 Å². The lowest BCUT2D eigenvalue weighted by molar-refractivity contribution is -0.123. The molecule has 0 bridgehead atoms. The lowest BCUT2D eigenvalue weighted by Gasteiger charge is -2.12. The van der Waals surface area contributed by atoms with Crippen LogP contribution in [0.4, 0.5) is 23.1 Å². The molecule has 3 rings (SSSR count). The number of unbranched alkanes of at least 4 members (excludes halogenated alkanes) is 1. The van der Waals surface area contributed by atoms with Gasteiger partial charge in [0.25, 0.3) is 0 Å². The molecule has 0 radical (unpaired) electrons. The van der Waals surface area contributed by atoms with E-state index < -0.39 is 0 Å². The van der Waals surface area contributed by atoms with Gasteiger partial charge in [0.05, 0.1) is 11.8 Å². The molecular weight excluding hydrogens is 402 g/mol. The minimum Gasteiger partial charge on any atom is -0.388 e. The van der Waals surface area contributed by atoms with Crippen LogP contribution < -0.4 is 21.3 Å². The highest BCUT2D eigenvalue weighted by Crippen LogP contribution is 2.27. The first-order valence-corrected chi connectivity index (χ1v) is 11.0. The molecule has 1 heterocycles. The third-order valence-corrected chi connectivity index (χ3v) is 4.97. The molecule has 1 amide bonds. The van der Waals surface area contributed by atoms with Crippen LogP contribution in [0.5, 0.6) is 0 Å². The smallest absolute Gasteiger partial charge is 0.229 e. The number of rotatable bonds is 10. The van der Waals surface area contributed by atoms with Gasteiger partial charge in [0.15, 0.2) is 0 Å². The molecule has 8 heteroatoms. The van der Waals surface area contributed by atoms with Gasteiger partial charge in [-0.05, 0) is 37.5 Å². The molecule has 32 heavy (non-hydrogen) atoms. The summed E-state index contributed by atoms with van der Waals surface area (Å²) in [4.78, 5) is 20.7. The standard InChI is InChI=1S/C24H31N7O/c1-16(2)23(32)27-12-6-4-5-7-18-15-28-24(31-22(18)29-19-10-11-19)30-20-9-8-17(14-25)21(13-20)26-3/h8-9,13-16,19,25-26H,4,6,10-12H2,1-3H3,(H,27,32)(H2,28,29,30,31). The first kappa shape index (κ1) is 23.1. The molecule has 0 atom stereocenters. The monoisotopic (exact) mass is 433 g/mol. The summed E-state index contributed by atoms with van der Waals surface area (Å²) in [6, 6.07) is 6.12. The van der Waals surface area contributed by atoms with Crippen LogP contribution in [0.3, 0.4) is 0 Å². The maximum Gasteiger partial charge on any atom is 0.229 e. The Kier molecular flexibility index (Phi) is 8.03. The Balaban J connectivity index is 1.66. The van der Waals surface area contributed by atoms with Gasteiger partial charge in [0.2, 0.25) is 11.9 Å². The van der Waals surface area contributed by atoms with Crippen molar-refractivity contribution in [2.24, 2.45) is 5.92 Å². The van der Waals surface area contributed by atoms with E-state index in [2.05, 4.69) is 43.1 Å². The molecule has 1 saturated carbocycles. The minimum absolute atomic E-state index is 0.000165. The summed E-state index contributed by atoms with van der Waals surface area (Å²) in [5.74, 6) is 7.62. The fourth-order valence-electron chi connectivity index (χ4n) is 2.92. The van der Waals surface area contributed by atoms with Crippen molar-refractivity contribution in [1.82, 2.24) is 15.3 Å². The Labute approximate surface area is 189 Å². The van der Waals surface area contributed by atoms with Crippen molar-refractivity contribution in [3.63, 3.8) is 0 Å². The molecule has 5 N–H and O–H groups in total. The van der Waals surface area contributed by atoms with Crippen molar-refractivity contribution in [3.05, 3.63) is 35.5 Å². The third-order valence-electron chi connectivity index (χ3n) is 4.97. The minimum atomic E-state index is 0.000165. The van der Waals surface area contributed by atoms with Crippen LogP contribution in [0.15, 0.2) is 24.4 Å². The normalized spacial score (nSPS) is 12.5. The van der Waals surface area contributed by atoms with E-state index in [1.165, 1.54) is 6.21 Å². The number of carbonyl (C=O) groups is 1. The summed E-state index contributed by atoms with van der Waals surface area (Å²) in [5.41, 5.74) is 3.26. The Morgan fingerprint density at radius 2 is 2.16 bits per heavy atom. The number of anilines is 4. The van der Waals surface area contributed by atoms with E-state index in [0.29, 0.717) is 25.0 Å². The van der Waals surface area contributed by atoms with E-state index in [1.54, 1.807) is 6.20 Å². The second kappa shape index (κ2) is 11.1. The van der Waals surface area contributed by atoms with Crippen LogP contribution >= 0.6 is 0 Å². The van der Waals surface area contributed by atoms with Gasteiger partial charge in [-0.2, -0.15) is 4.98 Å². The molecule has 0 spiro atoms. The molecule has 0 unspecified atom stereocenters. The fourth-order valence-corrected chi connectivity index (χ4v) is 2.92. The molecule has 2 aromatic rings. The van der Waals surface area contributed by atoms with Gasteiger partial charge in [-0.1, -0.05) is 25.7 Å². The van der Waals surface area contributed by atoms with Crippen LogP contribution in [0.25, 0.3) is 0 Å². The number of hydrogen-bond donors (Lipinski definition) is 5. The van der Waals surface area contributed by atoms with E-state index in [-0.39, 0.29) is 11.8 Å². The van der Waals surface area contributed by atoms with Gasteiger partial charge >= 0.3 is 0 Å². The SMILES string of the molecule is CNc1cc(Nc2ncc(C#CCCCNC(=O)C(C)C)c(NC3CC3)n2)ccc1C=N. The third kappa shape index (κ3) is 6.71. The molecule has 1 aliphatic rings. The Hall–Kier alpha value is -3.60. The summed E-state index contributed by atoms with van der Waals surface area (Å²) >= 11 is 0. The van der Waals surface area contributed by atoms with Gasteiger partial charge < -0.3 is 26.7 Å². The van der Waals surface area contributed by atoms with Gasteiger partial charge in [-0.15, -0.1) is 0 Å². The molecule has 0 aliphatic heterocycles. The number of nitrogens with one attached hydrogen (secondary N) is 5. The number of carbonyl (C=O) groups excluding carboxylic acids is 1. The van der Waals surface area contributed by atoms with E-state index in [0.717, 1.165) is 47.6 Å². The van der Waals surface area contributed by atoms with Gasteiger partial charge in [0.1, 0.15) is 5.82 Å².